The summed E-state index contributed by atoms with van der Waals surface area (Å²) in [7, 11) is 0. The first-order valence-corrected chi connectivity index (χ1v) is 7.49. The van der Waals surface area contributed by atoms with Crippen LogP contribution in [-0.4, -0.2) is 22.2 Å². The van der Waals surface area contributed by atoms with E-state index < -0.39 is 23.8 Å². The van der Waals surface area contributed by atoms with Crippen LogP contribution in [0.2, 0.25) is 0 Å². The molecule has 1 amide bonds. The Morgan fingerprint density at radius 1 is 1.17 bits per heavy atom. The summed E-state index contributed by atoms with van der Waals surface area (Å²) in [4.78, 5) is 12.0. The number of phenols is 1. The molecular weight excluding hydrogens is 316 g/mol. The third kappa shape index (κ3) is 4.29. The lowest BCUT2D eigenvalue weighted by molar-refractivity contribution is -0.121. The monoisotopic (exact) mass is 335 g/mol. The minimum atomic E-state index is -1.17. The van der Waals surface area contributed by atoms with Crippen molar-refractivity contribution in [2.75, 3.05) is 0 Å². The van der Waals surface area contributed by atoms with E-state index >= 15 is 0 Å². The molecule has 2 unspecified atom stereocenters. The number of halogens is 2. The summed E-state index contributed by atoms with van der Waals surface area (Å²) < 4.78 is 26.2. The number of hydrogen-bond acceptors (Lipinski definition) is 3. The average Bonchev–Trinajstić information content (AvgIpc) is 2.52. The lowest BCUT2D eigenvalue weighted by Crippen LogP contribution is -2.38. The van der Waals surface area contributed by atoms with Crippen LogP contribution in [0.3, 0.4) is 0 Å². The molecule has 4 nitrogen and oxygen atoms in total. The van der Waals surface area contributed by atoms with Crippen LogP contribution in [0.25, 0.3) is 0 Å². The molecule has 0 aliphatic heterocycles. The van der Waals surface area contributed by atoms with Crippen LogP contribution in [-0.2, 0) is 11.2 Å². The van der Waals surface area contributed by atoms with Crippen molar-refractivity contribution in [2.24, 2.45) is 0 Å². The van der Waals surface area contributed by atoms with Gasteiger partial charge in [-0.05, 0) is 48.7 Å². The number of aliphatic hydroxyl groups excluding tert-OH is 1. The molecule has 2 rings (SSSR count). The summed E-state index contributed by atoms with van der Waals surface area (Å²) in [6, 6.07) is 7.34. The predicted molar refractivity (Wildman–Crippen MR) is 85.5 cm³/mol. The summed E-state index contributed by atoms with van der Waals surface area (Å²) in [5.74, 6) is -2.30. The predicted octanol–water partition coefficient (Wildman–Crippen LogP) is 2.76. The molecule has 0 saturated carbocycles. The van der Waals surface area contributed by atoms with E-state index in [-0.39, 0.29) is 23.6 Å². The van der Waals surface area contributed by atoms with Crippen molar-refractivity contribution in [1.82, 2.24) is 5.32 Å². The number of aliphatic hydroxyl groups is 1. The number of amides is 1. The van der Waals surface area contributed by atoms with E-state index in [0.717, 1.165) is 12.1 Å². The second-order valence-electron chi connectivity index (χ2n) is 5.77. The summed E-state index contributed by atoms with van der Waals surface area (Å²) in [6.07, 6.45) is -1.14. The third-order valence-corrected chi connectivity index (χ3v) is 3.79. The van der Waals surface area contributed by atoms with Crippen molar-refractivity contribution in [3.8, 4) is 5.75 Å². The van der Waals surface area contributed by atoms with E-state index in [1.165, 1.54) is 12.1 Å². The Morgan fingerprint density at radius 2 is 1.88 bits per heavy atom. The zero-order valence-electron chi connectivity index (χ0n) is 13.4. The molecule has 128 valence electrons. The van der Waals surface area contributed by atoms with Gasteiger partial charge < -0.3 is 15.5 Å². The molecule has 0 heterocycles. The molecule has 24 heavy (non-hydrogen) atoms. The van der Waals surface area contributed by atoms with Gasteiger partial charge in [0.1, 0.15) is 5.75 Å². The van der Waals surface area contributed by atoms with Crippen molar-refractivity contribution in [3.05, 3.63) is 64.7 Å². The highest BCUT2D eigenvalue weighted by Gasteiger charge is 2.20. The Kier molecular flexibility index (Phi) is 5.51. The third-order valence-electron chi connectivity index (χ3n) is 3.79. The van der Waals surface area contributed by atoms with Crippen LogP contribution in [0.1, 0.15) is 29.7 Å². The molecule has 0 saturated heterocycles. The van der Waals surface area contributed by atoms with Gasteiger partial charge in [-0.2, -0.15) is 0 Å². The van der Waals surface area contributed by atoms with E-state index in [9.17, 15) is 23.8 Å². The smallest absolute Gasteiger partial charge is 0.224 e. The number of phenolic OH excluding ortho intramolecular Hbond substituents is 1. The molecule has 2 aromatic carbocycles. The number of benzene rings is 2. The molecule has 0 spiro atoms. The number of aryl methyl sites for hydroxylation is 1. The number of nitrogens with one attached hydrogen (secondary N) is 1. The van der Waals surface area contributed by atoms with Crippen LogP contribution >= 0.6 is 0 Å². The zero-order chi connectivity index (χ0) is 17.9. The molecule has 0 fully saturated rings. The maximum absolute atomic E-state index is 13.2. The quantitative estimate of drug-likeness (QED) is 0.787. The van der Waals surface area contributed by atoms with Gasteiger partial charge in [0, 0.05) is 0 Å². The number of rotatable bonds is 5. The lowest BCUT2D eigenvalue weighted by Gasteiger charge is -2.21. The van der Waals surface area contributed by atoms with E-state index in [4.69, 9.17) is 0 Å². The first-order valence-electron chi connectivity index (χ1n) is 7.49. The largest absolute Gasteiger partial charge is 0.508 e. The normalized spacial score (nSPS) is 13.4. The summed E-state index contributed by atoms with van der Waals surface area (Å²) >= 11 is 0. The molecule has 0 bridgehead atoms. The van der Waals surface area contributed by atoms with Crippen LogP contribution in [0.5, 0.6) is 5.75 Å². The van der Waals surface area contributed by atoms with Gasteiger partial charge in [-0.3, -0.25) is 4.79 Å². The van der Waals surface area contributed by atoms with Gasteiger partial charge >= 0.3 is 0 Å². The number of carbonyl (C=O) groups is 1. The maximum atomic E-state index is 13.2. The van der Waals surface area contributed by atoms with E-state index in [2.05, 4.69) is 5.32 Å². The molecule has 6 heteroatoms. The van der Waals surface area contributed by atoms with Gasteiger partial charge in [0.05, 0.1) is 18.6 Å². The Hall–Kier alpha value is -2.47. The molecule has 2 aromatic rings. The number of hydrogen-bond donors (Lipinski definition) is 3. The highest BCUT2D eigenvalue weighted by Crippen LogP contribution is 2.20. The molecule has 0 aromatic heterocycles. The molecule has 0 aliphatic rings. The van der Waals surface area contributed by atoms with Gasteiger partial charge in [0.2, 0.25) is 5.91 Å². The standard InChI is InChI=1S/C18H19F2NO3/c1-10-3-4-12(7-16(10)22)8-17(23)21-11(2)18(24)13-5-6-14(19)15(20)9-13/h3-7,9,11,18,22,24H,8H2,1-2H3,(H,21,23). The fourth-order valence-corrected chi connectivity index (χ4v) is 2.32. The van der Waals surface area contributed by atoms with Crippen LogP contribution < -0.4 is 5.32 Å². The molecule has 0 radical (unpaired) electrons. The van der Waals surface area contributed by atoms with E-state index in [0.29, 0.717) is 11.1 Å². The maximum Gasteiger partial charge on any atom is 0.224 e. The number of aromatic hydroxyl groups is 1. The molecule has 2 atom stereocenters. The first-order chi connectivity index (χ1) is 11.3. The topological polar surface area (TPSA) is 69.6 Å². The molecule has 3 N–H and O–H groups in total. The molecule has 0 aliphatic carbocycles. The van der Waals surface area contributed by atoms with Crippen molar-refractivity contribution in [1.29, 1.82) is 0 Å². The summed E-state index contributed by atoms with van der Waals surface area (Å²) in [5.41, 5.74) is 1.51. The van der Waals surface area contributed by atoms with Gasteiger partial charge in [0.25, 0.3) is 0 Å². The SMILES string of the molecule is Cc1ccc(CC(=O)NC(C)C(O)c2ccc(F)c(F)c2)cc1O. The second kappa shape index (κ2) is 7.40. The highest BCUT2D eigenvalue weighted by atomic mass is 19.2. The fraction of sp³-hybridized carbons (Fsp3) is 0.278. The second-order valence-corrected chi connectivity index (χ2v) is 5.77. The lowest BCUT2D eigenvalue weighted by atomic mass is 10.0. The fourth-order valence-electron chi connectivity index (χ4n) is 2.32. The van der Waals surface area contributed by atoms with Crippen LogP contribution in [0.15, 0.2) is 36.4 Å². The Labute approximate surface area is 138 Å². The van der Waals surface area contributed by atoms with Crippen LogP contribution in [0.4, 0.5) is 8.78 Å². The van der Waals surface area contributed by atoms with Crippen molar-refractivity contribution < 1.29 is 23.8 Å². The zero-order valence-corrected chi connectivity index (χ0v) is 13.4. The van der Waals surface area contributed by atoms with Crippen LogP contribution in [0, 0.1) is 18.6 Å². The van der Waals surface area contributed by atoms with Gasteiger partial charge in [-0.1, -0.05) is 18.2 Å². The minimum absolute atomic E-state index is 0.0304. The van der Waals surface area contributed by atoms with Gasteiger partial charge in [-0.25, -0.2) is 8.78 Å². The average molecular weight is 335 g/mol. The van der Waals surface area contributed by atoms with E-state index in [1.54, 1.807) is 26.0 Å². The Balaban J connectivity index is 1.99. The van der Waals surface area contributed by atoms with Crippen molar-refractivity contribution in [3.63, 3.8) is 0 Å². The van der Waals surface area contributed by atoms with Crippen molar-refractivity contribution in [2.45, 2.75) is 32.4 Å². The number of carbonyl (C=O) groups excluding carboxylic acids is 1. The Morgan fingerprint density at radius 3 is 2.50 bits per heavy atom. The van der Waals surface area contributed by atoms with Crippen molar-refractivity contribution >= 4 is 5.91 Å². The van der Waals surface area contributed by atoms with Gasteiger partial charge in [0.15, 0.2) is 11.6 Å². The summed E-state index contributed by atoms with van der Waals surface area (Å²) in [6.45, 7) is 3.32. The van der Waals surface area contributed by atoms with Gasteiger partial charge in [-0.15, -0.1) is 0 Å². The highest BCUT2D eigenvalue weighted by molar-refractivity contribution is 5.79. The Bertz CT molecular complexity index is 749. The van der Waals surface area contributed by atoms with E-state index in [1.807, 2.05) is 0 Å². The first kappa shape index (κ1) is 17.9. The molecular formula is C18H19F2NO3. The minimum Gasteiger partial charge on any atom is -0.508 e. The summed E-state index contributed by atoms with van der Waals surface area (Å²) in [5, 5.41) is 22.4.